The first-order valence-corrected chi connectivity index (χ1v) is 11.5. The Hall–Kier alpha value is -3.31. The zero-order valence-electron chi connectivity index (χ0n) is 18.1. The number of hydrogen-bond acceptors (Lipinski definition) is 6. The van der Waals surface area contributed by atoms with E-state index in [1.54, 1.807) is 30.3 Å². The topological polar surface area (TPSA) is 127 Å². The second-order valence-corrected chi connectivity index (χ2v) is 9.52. The zero-order chi connectivity index (χ0) is 23.5. The van der Waals surface area contributed by atoms with Gasteiger partial charge in [0.1, 0.15) is 5.82 Å². The summed E-state index contributed by atoms with van der Waals surface area (Å²) in [6.07, 6.45) is 0.494. The number of aromatic nitrogens is 2. The number of imidazole rings is 1. The predicted molar refractivity (Wildman–Crippen MR) is 120 cm³/mol. The molecule has 0 unspecified atom stereocenters. The van der Waals surface area contributed by atoms with Crippen LogP contribution in [0.1, 0.15) is 24.7 Å². The van der Waals surface area contributed by atoms with E-state index in [0.717, 1.165) is 9.82 Å². The molecule has 0 spiro atoms. The van der Waals surface area contributed by atoms with Crippen LogP contribution in [-0.2, 0) is 34.3 Å². The summed E-state index contributed by atoms with van der Waals surface area (Å²) in [5.74, 6) is 0.413. The van der Waals surface area contributed by atoms with E-state index in [0.29, 0.717) is 29.9 Å². The molecule has 0 saturated heterocycles. The van der Waals surface area contributed by atoms with Gasteiger partial charge in [-0.05, 0) is 25.1 Å². The summed E-state index contributed by atoms with van der Waals surface area (Å²) >= 11 is 0. The number of fused-ring (bicyclic) bond motifs is 1. The molecule has 2 aromatic carbocycles. The first-order chi connectivity index (χ1) is 15.1. The maximum Gasteiger partial charge on any atom is 0.274 e. The summed E-state index contributed by atoms with van der Waals surface area (Å²) in [6.45, 7) is 2.62. The van der Waals surface area contributed by atoms with Gasteiger partial charge >= 0.3 is 0 Å². The van der Waals surface area contributed by atoms with Gasteiger partial charge in [-0.15, -0.1) is 0 Å². The number of sulfonamides is 1. The number of nitrogens with one attached hydrogen (secondary N) is 1. The van der Waals surface area contributed by atoms with E-state index in [1.165, 1.54) is 26.2 Å². The third kappa shape index (κ3) is 4.78. The van der Waals surface area contributed by atoms with E-state index >= 15 is 0 Å². The number of hydrogen-bond donors (Lipinski definition) is 1. The molecule has 1 amide bonds. The van der Waals surface area contributed by atoms with Gasteiger partial charge < -0.3 is 9.88 Å². The van der Waals surface area contributed by atoms with Gasteiger partial charge in [0.25, 0.3) is 5.69 Å². The minimum absolute atomic E-state index is 0.0379. The van der Waals surface area contributed by atoms with Crippen molar-refractivity contribution in [1.82, 2.24) is 19.2 Å². The Balaban J connectivity index is 1.73. The smallest absolute Gasteiger partial charge is 0.274 e. The van der Waals surface area contributed by atoms with Crippen LogP contribution in [-0.4, -0.2) is 47.2 Å². The molecular weight excluding hydrogens is 434 g/mol. The number of carbonyl (C=O) groups excluding carboxylic acids is 1. The summed E-state index contributed by atoms with van der Waals surface area (Å²) in [5.41, 5.74) is 1.73. The Bertz CT molecular complexity index is 1270. The number of carbonyl (C=O) groups is 1. The number of nitrogens with zero attached hydrogens (tertiary/aromatic N) is 4. The number of amides is 1. The largest absolute Gasteiger partial charge is 0.352 e. The third-order valence-corrected chi connectivity index (χ3v) is 6.94. The first-order valence-electron chi connectivity index (χ1n) is 10.1. The van der Waals surface area contributed by atoms with Crippen LogP contribution < -0.4 is 5.32 Å². The Morgan fingerprint density at radius 1 is 1.22 bits per heavy atom. The fraction of sp³-hybridized carbons (Fsp3) is 0.333. The molecule has 0 radical (unpaired) electrons. The van der Waals surface area contributed by atoms with Crippen molar-refractivity contribution >= 4 is 32.7 Å². The Morgan fingerprint density at radius 3 is 2.59 bits per heavy atom. The van der Waals surface area contributed by atoms with Gasteiger partial charge in [-0.1, -0.05) is 18.2 Å². The molecule has 0 fully saturated rings. The quantitative estimate of drug-likeness (QED) is 0.387. The SMILES string of the molecule is CCn1c(CCC(=O)NCc2ccccc2[N+](=O)[O-])nc2cc(S(=O)(=O)N(C)C)ccc21. The highest BCUT2D eigenvalue weighted by atomic mass is 32.2. The molecule has 32 heavy (non-hydrogen) atoms. The van der Waals surface area contributed by atoms with Crippen molar-refractivity contribution in [2.75, 3.05) is 14.1 Å². The van der Waals surface area contributed by atoms with Crippen LogP contribution in [0.15, 0.2) is 47.4 Å². The van der Waals surface area contributed by atoms with E-state index in [4.69, 9.17) is 0 Å². The summed E-state index contributed by atoms with van der Waals surface area (Å²) < 4.78 is 27.9. The van der Waals surface area contributed by atoms with Crippen molar-refractivity contribution in [2.45, 2.75) is 37.8 Å². The molecule has 1 N–H and O–H groups in total. The molecule has 10 nitrogen and oxygen atoms in total. The normalized spacial score (nSPS) is 11.8. The minimum Gasteiger partial charge on any atom is -0.352 e. The lowest BCUT2D eigenvalue weighted by molar-refractivity contribution is -0.385. The number of nitro groups is 1. The van der Waals surface area contributed by atoms with E-state index in [2.05, 4.69) is 10.3 Å². The highest BCUT2D eigenvalue weighted by Gasteiger charge is 2.20. The van der Waals surface area contributed by atoms with E-state index in [-0.39, 0.29) is 29.5 Å². The molecule has 11 heteroatoms. The van der Waals surface area contributed by atoms with Gasteiger partial charge in [-0.3, -0.25) is 14.9 Å². The maximum atomic E-state index is 12.4. The molecule has 0 aliphatic rings. The number of rotatable bonds is 9. The molecule has 0 saturated carbocycles. The highest BCUT2D eigenvalue weighted by molar-refractivity contribution is 7.89. The molecule has 1 aromatic heterocycles. The second kappa shape index (κ2) is 9.45. The van der Waals surface area contributed by atoms with Gasteiger partial charge in [0.05, 0.1) is 20.9 Å². The molecule has 3 aromatic rings. The number of benzene rings is 2. The molecule has 170 valence electrons. The van der Waals surface area contributed by atoms with Crippen molar-refractivity contribution in [3.05, 3.63) is 64.0 Å². The fourth-order valence-electron chi connectivity index (χ4n) is 3.42. The summed E-state index contributed by atoms with van der Waals surface area (Å²) in [4.78, 5) is 27.7. The zero-order valence-corrected chi connectivity index (χ0v) is 18.9. The fourth-order valence-corrected chi connectivity index (χ4v) is 4.34. The molecule has 0 aliphatic carbocycles. The molecule has 1 heterocycles. The summed E-state index contributed by atoms with van der Waals surface area (Å²) in [7, 11) is -0.635. The lowest BCUT2D eigenvalue weighted by Crippen LogP contribution is -2.24. The molecule has 0 bridgehead atoms. The highest BCUT2D eigenvalue weighted by Crippen LogP contribution is 2.23. The Kier molecular flexibility index (Phi) is 6.90. The number of para-hydroxylation sites is 1. The lowest BCUT2D eigenvalue weighted by atomic mass is 10.2. The molecule has 0 aliphatic heterocycles. The van der Waals surface area contributed by atoms with Gasteiger partial charge in [0, 0.05) is 51.7 Å². The van der Waals surface area contributed by atoms with Gasteiger partial charge in [-0.25, -0.2) is 17.7 Å². The summed E-state index contributed by atoms with van der Waals surface area (Å²) in [6, 6.07) is 11.1. The monoisotopic (exact) mass is 459 g/mol. The first kappa shape index (κ1) is 23.4. The van der Waals surface area contributed by atoms with Crippen LogP contribution in [0, 0.1) is 10.1 Å². The average Bonchev–Trinajstić information content (AvgIpc) is 3.12. The number of aryl methyl sites for hydroxylation is 2. The lowest BCUT2D eigenvalue weighted by Gasteiger charge is -2.11. The standard InChI is InChI=1S/C21H25N5O5S/c1-4-25-19-10-9-16(32(30,31)24(2)3)13-17(19)23-20(25)11-12-21(27)22-14-15-7-5-6-8-18(15)26(28)29/h5-10,13H,4,11-12,14H2,1-3H3,(H,22,27). The minimum atomic E-state index is -3.58. The third-order valence-electron chi connectivity index (χ3n) is 5.13. The second-order valence-electron chi connectivity index (χ2n) is 7.37. The molecule has 0 atom stereocenters. The molecular formula is C21H25N5O5S. The van der Waals surface area contributed by atoms with Gasteiger partial charge in [0.2, 0.25) is 15.9 Å². The van der Waals surface area contributed by atoms with Crippen LogP contribution in [0.4, 0.5) is 5.69 Å². The number of nitro benzene ring substituents is 1. The summed E-state index contributed by atoms with van der Waals surface area (Å²) in [5, 5.41) is 13.8. The van der Waals surface area contributed by atoms with Crippen molar-refractivity contribution in [3.63, 3.8) is 0 Å². The van der Waals surface area contributed by atoms with Crippen molar-refractivity contribution in [2.24, 2.45) is 0 Å². The Labute approximate surface area is 186 Å². The predicted octanol–water partition coefficient (Wildman–Crippen LogP) is 2.46. The molecule has 3 rings (SSSR count). The van der Waals surface area contributed by atoms with Gasteiger partial charge in [0.15, 0.2) is 0 Å². The van der Waals surface area contributed by atoms with Gasteiger partial charge in [-0.2, -0.15) is 0 Å². The van der Waals surface area contributed by atoms with Crippen LogP contribution in [0.3, 0.4) is 0 Å². The average molecular weight is 460 g/mol. The van der Waals surface area contributed by atoms with Crippen LogP contribution >= 0.6 is 0 Å². The maximum absolute atomic E-state index is 12.4. The van der Waals surface area contributed by atoms with Crippen molar-refractivity contribution in [1.29, 1.82) is 0 Å². The van der Waals surface area contributed by atoms with E-state index in [1.807, 2.05) is 11.5 Å². The van der Waals surface area contributed by atoms with E-state index < -0.39 is 14.9 Å². The van der Waals surface area contributed by atoms with Crippen LogP contribution in [0.5, 0.6) is 0 Å². The van der Waals surface area contributed by atoms with Crippen LogP contribution in [0.2, 0.25) is 0 Å². The van der Waals surface area contributed by atoms with Crippen LogP contribution in [0.25, 0.3) is 11.0 Å². The van der Waals surface area contributed by atoms with E-state index in [9.17, 15) is 23.3 Å². The van der Waals surface area contributed by atoms with Crippen molar-refractivity contribution < 1.29 is 18.1 Å². The Morgan fingerprint density at radius 2 is 1.94 bits per heavy atom. The van der Waals surface area contributed by atoms with Crippen molar-refractivity contribution in [3.8, 4) is 0 Å².